The van der Waals surface area contributed by atoms with E-state index in [4.69, 9.17) is 11.8 Å². The van der Waals surface area contributed by atoms with Crippen molar-refractivity contribution in [2.75, 3.05) is 0 Å². The molecule has 0 saturated heterocycles. The molecule has 71 valence electrons. The third-order valence-electron chi connectivity index (χ3n) is 0. The fraction of sp³-hybridized carbons (Fsp3) is 0.222. The molecule has 0 N–H and O–H groups in total. The average molecular weight is 214 g/mol. The van der Waals surface area contributed by atoms with E-state index < -0.39 is 0 Å². The van der Waals surface area contributed by atoms with Crippen LogP contribution in [0, 0.1) is 25.7 Å². The summed E-state index contributed by atoms with van der Waals surface area (Å²) < 4.78 is 0. The molecule has 0 atom stereocenters. The van der Waals surface area contributed by atoms with Crippen LogP contribution in [-0.4, -0.2) is 37.7 Å². The summed E-state index contributed by atoms with van der Waals surface area (Å²) in [4.78, 5) is 0. The fourth-order valence-electron chi connectivity index (χ4n) is 0. The topological polar surface area (TPSA) is 23.8 Å². The van der Waals surface area contributed by atoms with E-state index in [1.54, 1.807) is 0 Å². The van der Waals surface area contributed by atoms with Gasteiger partial charge in [0.25, 0.3) is 0 Å². The molecule has 4 heteroatoms. The third-order valence-corrected chi connectivity index (χ3v) is 0. The molecule has 0 saturated carbocycles. The van der Waals surface area contributed by atoms with Crippen LogP contribution in [0.4, 0.5) is 0 Å². The standard InChI is InChI=1S/2C4H7.CN.Cu.2Li/c2*1-4(2)3;1-2;;;/h2*1-2H2,3H3;;;;/q3*-1;;;. The molecule has 0 aromatic heterocycles. The first kappa shape index (κ1) is 37.6. The summed E-state index contributed by atoms with van der Waals surface area (Å²) >= 11 is 0. The van der Waals surface area contributed by atoms with Gasteiger partial charge in [0.1, 0.15) is 0 Å². The molecule has 0 aromatic carbocycles. The molecule has 0 aromatic rings. The second-order valence-corrected chi connectivity index (χ2v) is 1.91. The van der Waals surface area contributed by atoms with Gasteiger partial charge in [-0.3, -0.25) is 0 Å². The molecule has 13 heavy (non-hydrogen) atoms. The fourth-order valence-corrected chi connectivity index (χ4v) is 0. The smallest absolute Gasteiger partial charge is 0 e. The van der Waals surface area contributed by atoms with Gasteiger partial charge in [-0.15, -0.1) is 0 Å². The van der Waals surface area contributed by atoms with Gasteiger partial charge in [0.15, 0.2) is 0 Å². The zero-order chi connectivity index (χ0) is 9.15. The SMILES string of the molecule is C=C([CH2-])C.C=C([CH2-])C.[C-]#N.[Cu].[Li].[Li]. The van der Waals surface area contributed by atoms with Gasteiger partial charge in [0.2, 0.25) is 0 Å². The summed E-state index contributed by atoms with van der Waals surface area (Å²) in [6.07, 6.45) is 0. The molecule has 0 spiro atoms. The van der Waals surface area contributed by atoms with Crippen LogP contribution in [-0.2, 0) is 17.1 Å². The molecule has 0 aliphatic heterocycles. The van der Waals surface area contributed by atoms with Crippen LogP contribution in [0.2, 0.25) is 0 Å². The predicted molar refractivity (Wildman–Crippen MR) is 56.8 cm³/mol. The normalized spacial score (nSPS) is 4.00. The zero-order valence-corrected chi connectivity index (χ0v) is 10.0. The van der Waals surface area contributed by atoms with Crippen LogP contribution in [0.15, 0.2) is 24.3 Å². The van der Waals surface area contributed by atoms with Gasteiger partial charge in [0, 0.05) is 54.8 Å². The van der Waals surface area contributed by atoms with E-state index in [1.165, 1.54) is 0 Å². The van der Waals surface area contributed by atoms with Crippen molar-refractivity contribution in [1.29, 1.82) is 5.26 Å². The van der Waals surface area contributed by atoms with E-state index in [1.807, 2.05) is 13.8 Å². The van der Waals surface area contributed by atoms with Crippen molar-refractivity contribution in [3.63, 3.8) is 0 Å². The number of nitrogens with zero attached hydrogens (tertiary/aromatic N) is 1. The largest absolute Gasteiger partial charge is 0.512 e. The molecule has 1 nitrogen and oxygen atoms in total. The summed E-state index contributed by atoms with van der Waals surface area (Å²) in [6.45, 7) is 22.2. The summed E-state index contributed by atoms with van der Waals surface area (Å²) in [5, 5.41) is 6.25. The van der Waals surface area contributed by atoms with Crippen molar-refractivity contribution >= 4 is 37.7 Å². The number of rotatable bonds is 0. The second-order valence-electron chi connectivity index (χ2n) is 1.91. The molecular formula is C9H14CuLi2N-3. The van der Waals surface area contributed by atoms with Gasteiger partial charge >= 0.3 is 0 Å². The van der Waals surface area contributed by atoms with E-state index in [0.29, 0.717) is 0 Å². The van der Waals surface area contributed by atoms with Gasteiger partial charge in [-0.2, -0.15) is 0 Å². The van der Waals surface area contributed by atoms with Crippen LogP contribution in [0.5, 0.6) is 0 Å². The Morgan fingerprint density at radius 3 is 1.00 bits per heavy atom. The summed E-state index contributed by atoms with van der Waals surface area (Å²) in [5.41, 5.74) is 1.83. The quantitative estimate of drug-likeness (QED) is 0.447. The average Bonchev–Trinajstić information content (AvgIpc) is 1.66. The van der Waals surface area contributed by atoms with E-state index in [9.17, 15) is 0 Å². The summed E-state index contributed by atoms with van der Waals surface area (Å²) in [7, 11) is 0. The van der Waals surface area contributed by atoms with Gasteiger partial charge in [-0.1, -0.05) is 13.8 Å². The molecular weight excluding hydrogens is 200 g/mol. The van der Waals surface area contributed by atoms with E-state index in [0.717, 1.165) is 11.1 Å². The molecule has 0 bridgehead atoms. The first-order valence-corrected chi connectivity index (χ1v) is 2.64. The number of hydrogen-bond donors (Lipinski definition) is 0. The maximum absolute atomic E-state index is 6.25. The van der Waals surface area contributed by atoms with Crippen LogP contribution in [0.1, 0.15) is 13.8 Å². The monoisotopic (exact) mass is 213 g/mol. The molecule has 0 aliphatic rings. The predicted octanol–water partition coefficient (Wildman–Crippen LogP) is 2.13. The Hall–Kier alpha value is 0.424. The Kier molecular flexibility index (Phi) is 114. The van der Waals surface area contributed by atoms with Crippen molar-refractivity contribution in [1.82, 2.24) is 0 Å². The molecule has 0 unspecified atom stereocenters. The Labute approximate surface area is 118 Å². The molecule has 0 heterocycles. The number of allylic oxidation sites excluding steroid dienone is 2. The van der Waals surface area contributed by atoms with Gasteiger partial charge in [-0.25, -0.2) is 38.2 Å². The second kappa shape index (κ2) is 39.3. The minimum atomic E-state index is 0. The van der Waals surface area contributed by atoms with Crippen LogP contribution in [0.25, 0.3) is 0 Å². The van der Waals surface area contributed by atoms with Crippen molar-refractivity contribution in [2.24, 2.45) is 0 Å². The van der Waals surface area contributed by atoms with Crippen molar-refractivity contribution in [2.45, 2.75) is 13.8 Å². The number of hydrogen-bond acceptors (Lipinski definition) is 1. The first-order valence-electron chi connectivity index (χ1n) is 2.64. The molecule has 0 rings (SSSR count). The Morgan fingerprint density at radius 2 is 1.00 bits per heavy atom. The summed E-state index contributed by atoms with van der Waals surface area (Å²) in [6, 6.07) is 0. The summed E-state index contributed by atoms with van der Waals surface area (Å²) in [5.74, 6) is 0. The van der Waals surface area contributed by atoms with Crippen LogP contribution >= 0.6 is 0 Å². The molecule has 0 amide bonds. The Morgan fingerprint density at radius 1 is 1.00 bits per heavy atom. The third kappa shape index (κ3) is 7500. The van der Waals surface area contributed by atoms with Crippen molar-refractivity contribution in [3.8, 4) is 0 Å². The molecule has 3 radical (unpaired) electrons. The van der Waals surface area contributed by atoms with Crippen molar-refractivity contribution < 1.29 is 17.1 Å². The van der Waals surface area contributed by atoms with Gasteiger partial charge in [0.05, 0.1) is 0 Å². The van der Waals surface area contributed by atoms with Crippen LogP contribution in [0.3, 0.4) is 0 Å². The maximum atomic E-state index is 6.25. The van der Waals surface area contributed by atoms with Crippen LogP contribution < -0.4 is 0 Å². The van der Waals surface area contributed by atoms with Gasteiger partial charge in [-0.05, 0) is 0 Å². The van der Waals surface area contributed by atoms with Crippen molar-refractivity contribution in [3.05, 3.63) is 44.7 Å². The Bertz CT molecular complexity index is 102. The molecule has 0 fully saturated rings. The van der Waals surface area contributed by atoms with E-state index >= 15 is 0 Å². The Balaban J connectivity index is -0.0000000133. The zero-order valence-electron chi connectivity index (χ0n) is 9.08. The maximum Gasteiger partial charge on any atom is 0 e. The minimum absolute atomic E-state index is 0. The first-order chi connectivity index (χ1) is 4.46. The minimum Gasteiger partial charge on any atom is -0.512 e. The van der Waals surface area contributed by atoms with E-state index in [2.05, 4.69) is 27.0 Å². The van der Waals surface area contributed by atoms with Gasteiger partial charge < -0.3 is 11.8 Å². The molecule has 0 aliphatic carbocycles. The van der Waals surface area contributed by atoms with E-state index in [-0.39, 0.29) is 54.8 Å².